The summed E-state index contributed by atoms with van der Waals surface area (Å²) in [5.41, 5.74) is 2.26. The van der Waals surface area contributed by atoms with E-state index >= 15 is 0 Å². The Bertz CT molecular complexity index is 754. The topological polar surface area (TPSA) is 28.7 Å². The molecule has 1 aromatic heterocycles. The third-order valence-electron chi connectivity index (χ3n) is 6.89. The number of imidazole rings is 1. The van der Waals surface area contributed by atoms with Crippen molar-refractivity contribution in [3.8, 4) is 0 Å². The second kappa shape index (κ2) is 23.9. The fourth-order valence-electron chi connectivity index (χ4n) is 4.56. The summed E-state index contributed by atoms with van der Waals surface area (Å²) in [5, 5.41) is 1.05. The summed E-state index contributed by atoms with van der Waals surface area (Å²) in [7, 11) is 7.67. The van der Waals surface area contributed by atoms with E-state index in [-0.39, 0.29) is 0 Å². The van der Waals surface area contributed by atoms with Gasteiger partial charge in [0.15, 0.2) is 5.16 Å². The molecule has 0 aliphatic carbocycles. The molecule has 1 heterocycles. The van der Waals surface area contributed by atoms with Crippen molar-refractivity contribution >= 4 is 54.2 Å². The van der Waals surface area contributed by atoms with E-state index < -0.39 is 0 Å². The molecule has 2 rings (SSSR count). The average Bonchev–Trinajstić information content (AvgIpc) is 3.32. The van der Waals surface area contributed by atoms with E-state index in [0.717, 1.165) is 10.7 Å². The van der Waals surface area contributed by atoms with Crippen LogP contribution in [0.5, 0.6) is 0 Å². The SMILES string of the molecule is CCCCCCCCCCCCSSc1ccc2nc(SSCCCCCCCCCCCC)[nH]c2c1. The van der Waals surface area contributed by atoms with Crippen LogP contribution >= 0.6 is 43.2 Å². The van der Waals surface area contributed by atoms with Crippen LogP contribution in [0.15, 0.2) is 28.3 Å². The van der Waals surface area contributed by atoms with Crippen LogP contribution in [0.4, 0.5) is 0 Å². The number of fused-ring (bicyclic) bond motifs is 1. The van der Waals surface area contributed by atoms with Crippen molar-refractivity contribution in [2.45, 2.75) is 152 Å². The van der Waals surface area contributed by atoms with Crippen LogP contribution in [0.1, 0.15) is 142 Å². The summed E-state index contributed by atoms with van der Waals surface area (Å²) < 4.78 is 0. The Morgan fingerprint density at radius 1 is 0.568 bits per heavy atom. The maximum Gasteiger partial charge on any atom is 0.177 e. The summed E-state index contributed by atoms with van der Waals surface area (Å²) in [5.74, 6) is 2.47. The lowest BCUT2D eigenvalue weighted by atomic mass is 10.1. The second-order valence-electron chi connectivity index (χ2n) is 10.4. The van der Waals surface area contributed by atoms with Crippen LogP contribution in [0.2, 0.25) is 0 Å². The number of nitrogens with one attached hydrogen (secondary N) is 1. The highest BCUT2D eigenvalue weighted by Gasteiger charge is 2.06. The van der Waals surface area contributed by atoms with Crippen LogP contribution in [0.25, 0.3) is 11.0 Å². The lowest BCUT2D eigenvalue weighted by molar-refractivity contribution is 0.563. The molecule has 1 N–H and O–H groups in total. The van der Waals surface area contributed by atoms with E-state index in [1.807, 2.05) is 32.4 Å². The number of unbranched alkanes of at least 4 members (excludes halogenated alkanes) is 18. The molecule has 2 nitrogen and oxygen atoms in total. The summed E-state index contributed by atoms with van der Waals surface area (Å²) >= 11 is 0. The highest BCUT2D eigenvalue weighted by Crippen LogP contribution is 2.35. The Hall–Kier alpha value is 0.0900. The predicted molar refractivity (Wildman–Crippen MR) is 176 cm³/mol. The molecule has 37 heavy (non-hydrogen) atoms. The molecular formula is C31H54N2S4. The summed E-state index contributed by atoms with van der Waals surface area (Å²) in [6.45, 7) is 4.59. The molecule has 0 aliphatic rings. The molecule has 0 saturated heterocycles. The smallest absolute Gasteiger partial charge is 0.177 e. The third kappa shape index (κ3) is 17.4. The monoisotopic (exact) mass is 582 g/mol. The molecule has 0 amide bonds. The van der Waals surface area contributed by atoms with Gasteiger partial charge in [-0.1, -0.05) is 162 Å². The van der Waals surface area contributed by atoms with Crippen molar-refractivity contribution in [3.63, 3.8) is 0 Å². The number of aromatic amines is 1. The van der Waals surface area contributed by atoms with E-state index in [1.165, 1.54) is 150 Å². The van der Waals surface area contributed by atoms with E-state index in [4.69, 9.17) is 4.98 Å². The number of aromatic nitrogens is 2. The molecule has 0 radical (unpaired) electrons. The Kier molecular flexibility index (Phi) is 21.5. The minimum atomic E-state index is 1.05. The van der Waals surface area contributed by atoms with Gasteiger partial charge in [-0.15, -0.1) is 0 Å². The van der Waals surface area contributed by atoms with Crippen LogP contribution in [-0.4, -0.2) is 21.5 Å². The first-order valence-corrected chi connectivity index (χ1v) is 20.1. The number of nitrogens with zero attached hydrogens (tertiary/aromatic N) is 1. The van der Waals surface area contributed by atoms with Crippen LogP contribution in [0, 0.1) is 0 Å². The van der Waals surface area contributed by atoms with Crippen molar-refractivity contribution < 1.29 is 0 Å². The van der Waals surface area contributed by atoms with Gasteiger partial charge in [0.05, 0.1) is 11.0 Å². The minimum Gasteiger partial charge on any atom is -0.332 e. The van der Waals surface area contributed by atoms with Crippen molar-refractivity contribution in [3.05, 3.63) is 18.2 Å². The van der Waals surface area contributed by atoms with Crippen LogP contribution in [-0.2, 0) is 0 Å². The zero-order valence-corrected chi connectivity index (χ0v) is 27.1. The Labute approximate surface area is 245 Å². The molecule has 6 heteroatoms. The molecule has 0 saturated carbocycles. The van der Waals surface area contributed by atoms with Crippen LogP contribution < -0.4 is 0 Å². The maximum absolute atomic E-state index is 4.78. The van der Waals surface area contributed by atoms with Crippen molar-refractivity contribution in [1.29, 1.82) is 0 Å². The standard InChI is InChI=1S/C31H54N2S4/c1-3-5-7-9-11-13-15-17-19-21-25-34-36-28-23-24-29-30(27-28)33-31(32-29)37-35-26-22-20-18-16-14-12-10-8-6-4-2/h23-24,27H,3-22,25-26H2,1-2H3,(H,32,33). The van der Waals surface area contributed by atoms with Gasteiger partial charge in [-0.2, -0.15) is 0 Å². The normalized spacial score (nSPS) is 11.6. The molecule has 0 atom stereocenters. The van der Waals surface area contributed by atoms with Crippen molar-refractivity contribution in [2.75, 3.05) is 11.5 Å². The molecule has 0 aliphatic heterocycles. The molecule has 0 fully saturated rings. The number of H-pyrrole nitrogens is 1. The molecule has 0 unspecified atom stereocenters. The number of benzene rings is 1. The molecule has 0 spiro atoms. The summed E-state index contributed by atoms with van der Waals surface area (Å²) in [6.07, 6.45) is 28.1. The van der Waals surface area contributed by atoms with Crippen molar-refractivity contribution in [1.82, 2.24) is 9.97 Å². The van der Waals surface area contributed by atoms with E-state index in [9.17, 15) is 0 Å². The van der Waals surface area contributed by atoms with E-state index in [0.29, 0.717) is 0 Å². The van der Waals surface area contributed by atoms with Gasteiger partial charge in [0.25, 0.3) is 0 Å². The van der Waals surface area contributed by atoms with Crippen LogP contribution in [0.3, 0.4) is 0 Å². The first-order valence-electron chi connectivity index (χ1n) is 15.4. The van der Waals surface area contributed by atoms with Gasteiger partial charge >= 0.3 is 0 Å². The number of hydrogen-bond acceptors (Lipinski definition) is 5. The lowest BCUT2D eigenvalue weighted by Crippen LogP contribution is -1.83. The fraction of sp³-hybridized carbons (Fsp3) is 0.774. The Morgan fingerprint density at radius 3 is 1.54 bits per heavy atom. The number of rotatable bonds is 26. The second-order valence-corrected chi connectivity index (χ2v) is 15.3. The zero-order chi connectivity index (χ0) is 26.2. The highest BCUT2D eigenvalue weighted by atomic mass is 33.1. The van der Waals surface area contributed by atoms with Gasteiger partial charge in [-0.3, -0.25) is 0 Å². The molecule has 1 aromatic carbocycles. The van der Waals surface area contributed by atoms with Gasteiger partial charge in [-0.25, -0.2) is 4.98 Å². The quantitative estimate of drug-likeness (QED) is 0.0879. The van der Waals surface area contributed by atoms with Gasteiger partial charge in [0, 0.05) is 16.4 Å². The lowest BCUT2D eigenvalue weighted by Gasteiger charge is -2.03. The van der Waals surface area contributed by atoms with E-state index in [2.05, 4.69) is 37.0 Å². The zero-order valence-electron chi connectivity index (χ0n) is 23.9. The maximum atomic E-state index is 4.78. The average molecular weight is 583 g/mol. The van der Waals surface area contributed by atoms with Gasteiger partial charge in [0.2, 0.25) is 0 Å². The first kappa shape index (κ1) is 33.3. The van der Waals surface area contributed by atoms with Gasteiger partial charge < -0.3 is 4.98 Å². The molecule has 212 valence electrons. The summed E-state index contributed by atoms with van der Waals surface area (Å²) in [4.78, 5) is 9.65. The summed E-state index contributed by atoms with van der Waals surface area (Å²) in [6, 6.07) is 6.67. The highest BCUT2D eigenvalue weighted by molar-refractivity contribution is 8.77. The van der Waals surface area contributed by atoms with Gasteiger partial charge in [0.1, 0.15) is 0 Å². The number of hydrogen-bond donors (Lipinski definition) is 1. The predicted octanol–water partition coefficient (Wildman–Crippen LogP) is 12.9. The molecule has 0 bridgehead atoms. The molecule has 2 aromatic rings. The third-order valence-corrected chi connectivity index (χ3v) is 11.6. The Morgan fingerprint density at radius 2 is 1.03 bits per heavy atom. The fourth-order valence-corrected chi connectivity index (χ4v) is 8.69. The molecular weight excluding hydrogens is 529 g/mol. The largest absolute Gasteiger partial charge is 0.332 e. The van der Waals surface area contributed by atoms with E-state index in [1.54, 1.807) is 10.8 Å². The Balaban J connectivity index is 1.46. The van der Waals surface area contributed by atoms with Gasteiger partial charge in [-0.05, 0) is 41.8 Å². The van der Waals surface area contributed by atoms with Crippen molar-refractivity contribution in [2.24, 2.45) is 0 Å². The first-order chi connectivity index (χ1) is 18.3. The minimum absolute atomic E-state index is 1.05.